The molecule has 1 aliphatic heterocycles. The van der Waals surface area contributed by atoms with Gasteiger partial charge in [0.2, 0.25) is 5.95 Å². The number of aromatic hydroxyl groups is 1. The third-order valence-corrected chi connectivity index (χ3v) is 7.56. The first-order valence-electron chi connectivity index (χ1n) is 11.5. The second-order valence-electron chi connectivity index (χ2n) is 9.42. The molecule has 0 radical (unpaired) electrons. The van der Waals surface area contributed by atoms with Crippen molar-refractivity contribution in [3.05, 3.63) is 87.8 Å². The summed E-state index contributed by atoms with van der Waals surface area (Å²) in [4.78, 5) is 22.8. The number of piperidine rings is 1. The largest absolute Gasteiger partial charge is 0.508 e. The molecule has 6 rings (SSSR count). The number of aromatic amines is 2. The van der Waals surface area contributed by atoms with Crippen LogP contribution in [-0.4, -0.2) is 38.4 Å². The molecule has 2 aromatic carbocycles. The maximum absolute atomic E-state index is 13.1. The second kappa shape index (κ2) is 7.56. The third-order valence-electron chi connectivity index (χ3n) is 7.56. The SMILES string of the molecule is C=C(c1cccc(O)c1)c1[nH]nc2nc(N3CCC4(CC3)Cc3ccccc3[C@H]4N)[nH]c(=O)c12. The molecule has 4 aromatic rings. The number of nitrogens with two attached hydrogens (primary N) is 1. The van der Waals surface area contributed by atoms with Gasteiger partial charge in [-0.25, -0.2) is 0 Å². The lowest BCUT2D eigenvalue weighted by Crippen LogP contribution is -2.45. The number of phenols is 1. The van der Waals surface area contributed by atoms with Crippen molar-refractivity contribution in [3.63, 3.8) is 0 Å². The molecule has 1 aliphatic carbocycles. The van der Waals surface area contributed by atoms with E-state index in [2.05, 4.69) is 55.9 Å². The summed E-state index contributed by atoms with van der Waals surface area (Å²) in [5.41, 5.74) is 11.2. The molecular formula is C26H26N6O2. The van der Waals surface area contributed by atoms with Crippen LogP contribution < -0.4 is 16.2 Å². The first-order valence-corrected chi connectivity index (χ1v) is 11.5. The van der Waals surface area contributed by atoms with Gasteiger partial charge in [-0.05, 0) is 53.5 Å². The van der Waals surface area contributed by atoms with E-state index in [1.165, 1.54) is 11.1 Å². The Bertz CT molecular complexity index is 1480. The van der Waals surface area contributed by atoms with Crippen molar-refractivity contribution in [2.75, 3.05) is 18.0 Å². The second-order valence-corrected chi connectivity index (χ2v) is 9.42. The van der Waals surface area contributed by atoms with Gasteiger partial charge in [-0.3, -0.25) is 14.9 Å². The Morgan fingerprint density at radius 2 is 1.97 bits per heavy atom. The molecule has 1 atom stereocenters. The number of H-pyrrole nitrogens is 2. The lowest BCUT2D eigenvalue weighted by atomic mass is 9.73. The molecule has 0 bridgehead atoms. The van der Waals surface area contributed by atoms with Crippen molar-refractivity contribution in [2.24, 2.45) is 11.1 Å². The number of hydrogen-bond donors (Lipinski definition) is 4. The summed E-state index contributed by atoms with van der Waals surface area (Å²) < 4.78 is 0. The molecule has 1 fully saturated rings. The molecule has 34 heavy (non-hydrogen) atoms. The van der Waals surface area contributed by atoms with Gasteiger partial charge in [-0.1, -0.05) is 43.0 Å². The van der Waals surface area contributed by atoms with Gasteiger partial charge in [-0.2, -0.15) is 10.1 Å². The Balaban J connectivity index is 1.26. The Kier molecular flexibility index (Phi) is 4.60. The zero-order valence-corrected chi connectivity index (χ0v) is 18.7. The lowest BCUT2D eigenvalue weighted by Gasteiger charge is -2.42. The van der Waals surface area contributed by atoms with E-state index in [1.54, 1.807) is 18.2 Å². The Morgan fingerprint density at radius 3 is 2.74 bits per heavy atom. The molecule has 172 valence electrons. The number of benzene rings is 2. The number of aromatic nitrogens is 4. The fourth-order valence-corrected chi connectivity index (χ4v) is 5.60. The summed E-state index contributed by atoms with van der Waals surface area (Å²) in [5, 5.41) is 17.3. The summed E-state index contributed by atoms with van der Waals surface area (Å²) in [6.07, 6.45) is 2.87. The van der Waals surface area contributed by atoms with Crippen LogP contribution in [0.2, 0.25) is 0 Å². The Labute approximate surface area is 196 Å². The van der Waals surface area contributed by atoms with Crippen LogP contribution in [0.15, 0.2) is 59.9 Å². The molecule has 5 N–H and O–H groups in total. The van der Waals surface area contributed by atoms with Gasteiger partial charge in [0.1, 0.15) is 11.1 Å². The normalized spacial score (nSPS) is 19.0. The third kappa shape index (κ3) is 3.13. The Hall–Kier alpha value is -3.91. The van der Waals surface area contributed by atoms with Crippen molar-refractivity contribution in [2.45, 2.75) is 25.3 Å². The van der Waals surface area contributed by atoms with Crippen molar-refractivity contribution in [1.29, 1.82) is 0 Å². The van der Waals surface area contributed by atoms with Crippen molar-refractivity contribution < 1.29 is 5.11 Å². The summed E-state index contributed by atoms with van der Waals surface area (Å²) >= 11 is 0. The van der Waals surface area contributed by atoms with Crippen LogP contribution in [0.1, 0.15) is 41.3 Å². The van der Waals surface area contributed by atoms with E-state index in [0.29, 0.717) is 33.8 Å². The summed E-state index contributed by atoms with van der Waals surface area (Å²) in [6, 6.07) is 15.2. The minimum Gasteiger partial charge on any atom is -0.508 e. The highest BCUT2D eigenvalue weighted by Gasteiger charge is 2.46. The van der Waals surface area contributed by atoms with Gasteiger partial charge in [0, 0.05) is 24.7 Å². The van der Waals surface area contributed by atoms with Crippen molar-refractivity contribution in [3.8, 4) is 5.75 Å². The highest BCUT2D eigenvalue weighted by Crippen LogP contribution is 2.50. The van der Waals surface area contributed by atoms with Crippen LogP contribution in [0, 0.1) is 5.41 Å². The number of phenolic OH excluding ortho intramolecular Hbond substituents is 1. The molecule has 1 saturated heterocycles. The minimum atomic E-state index is -0.268. The number of fused-ring (bicyclic) bond motifs is 2. The molecular weight excluding hydrogens is 428 g/mol. The van der Waals surface area contributed by atoms with Gasteiger partial charge in [0.05, 0.1) is 5.69 Å². The van der Waals surface area contributed by atoms with E-state index in [0.717, 1.165) is 32.4 Å². The fourth-order valence-electron chi connectivity index (χ4n) is 5.60. The standard InChI is InChI=1S/C26H26N6O2/c1-15(16-6-4-7-18(33)13-16)21-20-23(31-30-21)28-25(29-24(20)34)32-11-9-26(10-12-32)14-17-5-2-3-8-19(17)22(26)27/h2-8,13,22,33H,1,9-12,14,27H2,(H2,28,29,30,31,34)/t22-/m1/s1. The zero-order valence-electron chi connectivity index (χ0n) is 18.7. The van der Waals surface area contributed by atoms with Crippen LogP contribution in [0.3, 0.4) is 0 Å². The van der Waals surface area contributed by atoms with Gasteiger partial charge in [0.25, 0.3) is 5.56 Å². The molecule has 0 saturated carbocycles. The topological polar surface area (TPSA) is 124 Å². The maximum atomic E-state index is 13.1. The van der Waals surface area contributed by atoms with E-state index in [4.69, 9.17) is 5.73 Å². The van der Waals surface area contributed by atoms with Crippen LogP contribution in [-0.2, 0) is 6.42 Å². The molecule has 2 aromatic heterocycles. The average Bonchev–Trinajstić information content (AvgIpc) is 3.39. The molecule has 8 heteroatoms. The summed E-state index contributed by atoms with van der Waals surface area (Å²) in [5.74, 6) is 0.655. The monoisotopic (exact) mass is 454 g/mol. The highest BCUT2D eigenvalue weighted by atomic mass is 16.3. The van der Waals surface area contributed by atoms with E-state index in [9.17, 15) is 9.90 Å². The molecule has 2 aliphatic rings. The molecule has 8 nitrogen and oxygen atoms in total. The smallest absolute Gasteiger partial charge is 0.264 e. The summed E-state index contributed by atoms with van der Waals surface area (Å²) in [7, 11) is 0. The average molecular weight is 455 g/mol. The van der Waals surface area contributed by atoms with E-state index < -0.39 is 0 Å². The van der Waals surface area contributed by atoms with Crippen molar-refractivity contribution >= 4 is 22.6 Å². The number of hydrogen-bond acceptors (Lipinski definition) is 6. The Morgan fingerprint density at radius 1 is 1.18 bits per heavy atom. The van der Waals surface area contributed by atoms with E-state index in [-0.39, 0.29) is 22.8 Å². The fraction of sp³-hybridized carbons (Fsp3) is 0.269. The number of nitrogens with one attached hydrogen (secondary N) is 2. The lowest BCUT2D eigenvalue weighted by molar-refractivity contribution is 0.187. The molecule has 0 amide bonds. The van der Waals surface area contributed by atoms with Crippen molar-refractivity contribution in [1.82, 2.24) is 20.2 Å². The predicted molar refractivity (Wildman–Crippen MR) is 132 cm³/mol. The number of nitrogens with zero attached hydrogens (tertiary/aromatic N) is 3. The van der Waals surface area contributed by atoms with Crippen LogP contribution in [0.5, 0.6) is 5.75 Å². The predicted octanol–water partition coefficient (Wildman–Crippen LogP) is 3.26. The highest BCUT2D eigenvalue weighted by molar-refractivity contribution is 5.92. The first-order chi connectivity index (χ1) is 16.4. The molecule has 3 heterocycles. The number of rotatable bonds is 3. The van der Waals surface area contributed by atoms with E-state index in [1.807, 2.05) is 6.07 Å². The van der Waals surface area contributed by atoms with Crippen LogP contribution >= 0.6 is 0 Å². The van der Waals surface area contributed by atoms with Gasteiger partial charge < -0.3 is 15.7 Å². The quantitative estimate of drug-likeness (QED) is 0.377. The van der Waals surface area contributed by atoms with Crippen LogP contribution in [0.25, 0.3) is 16.6 Å². The van der Waals surface area contributed by atoms with Gasteiger partial charge in [0.15, 0.2) is 5.65 Å². The van der Waals surface area contributed by atoms with Gasteiger partial charge in [-0.15, -0.1) is 0 Å². The number of anilines is 1. The first kappa shape index (κ1) is 20.7. The zero-order chi connectivity index (χ0) is 23.4. The minimum absolute atomic E-state index is 0.0395. The van der Waals surface area contributed by atoms with Crippen LogP contribution in [0.4, 0.5) is 5.95 Å². The maximum Gasteiger partial charge on any atom is 0.264 e. The molecule has 1 spiro atoms. The summed E-state index contributed by atoms with van der Waals surface area (Å²) in [6.45, 7) is 5.63. The molecule has 0 unspecified atom stereocenters. The van der Waals surface area contributed by atoms with E-state index >= 15 is 0 Å². The van der Waals surface area contributed by atoms with Gasteiger partial charge >= 0.3 is 0 Å².